The van der Waals surface area contributed by atoms with Crippen molar-refractivity contribution in [3.05, 3.63) is 64.4 Å². The lowest BCUT2D eigenvalue weighted by atomic mass is 10.2. The molecule has 4 rings (SSSR count). The van der Waals surface area contributed by atoms with Gasteiger partial charge in [-0.3, -0.25) is 4.79 Å². The van der Waals surface area contributed by atoms with E-state index in [4.69, 9.17) is 9.72 Å². The highest BCUT2D eigenvalue weighted by atomic mass is 32.1. The Bertz CT molecular complexity index is 1230. The Hall–Kier alpha value is -3.41. The number of nitrogens with one attached hydrogen (secondary N) is 1. The van der Waals surface area contributed by atoms with Gasteiger partial charge in [0.1, 0.15) is 0 Å². The number of methoxy groups -OCH3 is 1. The standard InChI is InChI=1S/C21H23N7O3S/c1-13-7-23-21(26-19(13)18-5-4-6-32-18)28-17(11-31-3)14(8-25-28)20(30)22-9-16-15(10-29)24-12-27(16)2/h4-8,12,29H,9-11H2,1-3H3,(H,22,30). The molecule has 0 spiro atoms. The van der Waals surface area contributed by atoms with Crippen molar-refractivity contribution in [2.24, 2.45) is 7.05 Å². The summed E-state index contributed by atoms with van der Waals surface area (Å²) in [6, 6.07) is 3.97. The van der Waals surface area contributed by atoms with Crippen LogP contribution in [0.2, 0.25) is 0 Å². The SMILES string of the molecule is COCc1c(C(=O)NCc2c(CO)ncn2C)cnn1-c1ncc(C)c(-c2cccs2)n1. The molecule has 10 nitrogen and oxygen atoms in total. The summed E-state index contributed by atoms with van der Waals surface area (Å²) in [6.07, 6.45) is 4.82. The van der Waals surface area contributed by atoms with E-state index in [2.05, 4.69) is 20.4 Å². The number of ether oxygens (including phenoxy) is 1. The first-order valence-corrected chi connectivity index (χ1v) is 10.7. The lowest BCUT2D eigenvalue weighted by molar-refractivity contribution is 0.0944. The number of imidazole rings is 1. The van der Waals surface area contributed by atoms with Gasteiger partial charge in [-0.25, -0.2) is 15.0 Å². The van der Waals surface area contributed by atoms with Gasteiger partial charge >= 0.3 is 0 Å². The van der Waals surface area contributed by atoms with E-state index in [1.807, 2.05) is 31.5 Å². The van der Waals surface area contributed by atoms with Gasteiger partial charge in [0.15, 0.2) is 0 Å². The number of aryl methyl sites for hydroxylation is 2. The molecule has 32 heavy (non-hydrogen) atoms. The summed E-state index contributed by atoms with van der Waals surface area (Å²) in [5.41, 5.74) is 3.92. The van der Waals surface area contributed by atoms with Gasteiger partial charge in [-0.1, -0.05) is 6.07 Å². The van der Waals surface area contributed by atoms with Crippen molar-refractivity contribution in [2.45, 2.75) is 26.7 Å². The third-order valence-corrected chi connectivity index (χ3v) is 5.89. The monoisotopic (exact) mass is 453 g/mol. The van der Waals surface area contributed by atoms with Gasteiger partial charge in [-0.05, 0) is 23.9 Å². The Morgan fingerprint density at radius 3 is 2.84 bits per heavy atom. The van der Waals surface area contributed by atoms with Crippen molar-refractivity contribution in [2.75, 3.05) is 7.11 Å². The van der Waals surface area contributed by atoms with E-state index >= 15 is 0 Å². The average Bonchev–Trinajstić information content (AvgIpc) is 3.53. The Balaban J connectivity index is 1.64. The number of hydrogen-bond acceptors (Lipinski definition) is 8. The number of aromatic nitrogens is 6. The zero-order valence-corrected chi connectivity index (χ0v) is 18.8. The van der Waals surface area contributed by atoms with Crippen LogP contribution in [-0.2, 0) is 31.5 Å². The molecular weight excluding hydrogens is 430 g/mol. The Morgan fingerprint density at radius 1 is 1.28 bits per heavy atom. The van der Waals surface area contributed by atoms with E-state index in [-0.39, 0.29) is 25.7 Å². The van der Waals surface area contributed by atoms with Crippen molar-refractivity contribution in [3.8, 4) is 16.5 Å². The molecule has 0 aliphatic heterocycles. The Labute approximate surface area is 188 Å². The van der Waals surface area contributed by atoms with E-state index in [9.17, 15) is 9.90 Å². The van der Waals surface area contributed by atoms with Crippen LogP contribution in [0.4, 0.5) is 0 Å². The van der Waals surface area contributed by atoms with Crippen LogP contribution in [-0.4, -0.2) is 47.4 Å². The van der Waals surface area contributed by atoms with Crippen LogP contribution in [0.25, 0.3) is 16.5 Å². The molecule has 0 saturated heterocycles. The van der Waals surface area contributed by atoms with Gasteiger partial charge in [0.25, 0.3) is 11.9 Å². The van der Waals surface area contributed by atoms with Crippen LogP contribution in [0.3, 0.4) is 0 Å². The van der Waals surface area contributed by atoms with Crippen LogP contribution in [0.15, 0.2) is 36.2 Å². The Morgan fingerprint density at radius 2 is 2.12 bits per heavy atom. The highest BCUT2D eigenvalue weighted by Gasteiger charge is 2.21. The van der Waals surface area contributed by atoms with Crippen molar-refractivity contribution >= 4 is 17.2 Å². The first-order valence-electron chi connectivity index (χ1n) is 9.85. The zero-order chi connectivity index (χ0) is 22.7. The maximum atomic E-state index is 12.9. The molecule has 0 fully saturated rings. The molecule has 0 aliphatic carbocycles. The van der Waals surface area contributed by atoms with Gasteiger partial charge < -0.3 is 19.7 Å². The maximum Gasteiger partial charge on any atom is 0.255 e. The van der Waals surface area contributed by atoms with Gasteiger partial charge in [0.05, 0.1) is 65.5 Å². The summed E-state index contributed by atoms with van der Waals surface area (Å²) in [5.74, 6) is 0.0401. The lowest BCUT2D eigenvalue weighted by Crippen LogP contribution is -2.25. The predicted octanol–water partition coefficient (Wildman–Crippen LogP) is 2.00. The first-order chi connectivity index (χ1) is 15.5. The first kappa shape index (κ1) is 21.8. The minimum atomic E-state index is -0.320. The van der Waals surface area contributed by atoms with Crippen LogP contribution in [0.1, 0.15) is 33.0 Å². The average molecular weight is 454 g/mol. The van der Waals surface area contributed by atoms with Crippen molar-refractivity contribution in [1.29, 1.82) is 0 Å². The summed E-state index contributed by atoms with van der Waals surface area (Å²) in [4.78, 5) is 27.2. The molecule has 2 N–H and O–H groups in total. The molecule has 0 bridgehead atoms. The summed E-state index contributed by atoms with van der Waals surface area (Å²) in [7, 11) is 3.36. The van der Waals surface area contributed by atoms with E-state index in [0.717, 1.165) is 21.8 Å². The van der Waals surface area contributed by atoms with Gasteiger partial charge in [0, 0.05) is 20.4 Å². The number of nitrogens with zero attached hydrogens (tertiary/aromatic N) is 6. The zero-order valence-electron chi connectivity index (χ0n) is 17.9. The molecule has 166 valence electrons. The van der Waals surface area contributed by atoms with E-state index in [1.54, 1.807) is 35.5 Å². The fraction of sp³-hybridized carbons (Fsp3) is 0.286. The van der Waals surface area contributed by atoms with Crippen molar-refractivity contribution in [1.82, 2.24) is 34.6 Å². The molecule has 0 unspecified atom stereocenters. The predicted molar refractivity (Wildman–Crippen MR) is 118 cm³/mol. The Kier molecular flexibility index (Phi) is 6.40. The maximum absolute atomic E-state index is 12.9. The normalized spacial score (nSPS) is 11.1. The number of thiophene rings is 1. The summed E-state index contributed by atoms with van der Waals surface area (Å²) >= 11 is 1.59. The number of hydrogen-bond donors (Lipinski definition) is 2. The third-order valence-electron chi connectivity index (χ3n) is 5.01. The molecule has 0 radical (unpaired) electrons. The highest BCUT2D eigenvalue weighted by Crippen LogP contribution is 2.26. The minimum absolute atomic E-state index is 0.155. The molecule has 1 amide bonds. The lowest BCUT2D eigenvalue weighted by Gasteiger charge is -2.11. The van der Waals surface area contributed by atoms with E-state index in [0.29, 0.717) is 22.9 Å². The quantitative estimate of drug-likeness (QED) is 0.419. The fourth-order valence-corrected chi connectivity index (χ4v) is 4.11. The molecular formula is C21H23N7O3S. The van der Waals surface area contributed by atoms with Crippen LogP contribution in [0.5, 0.6) is 0 Å². The van der Waals surface area contributed by atoms with Crippen molar-refractivity contribution < 1.29 is 14.6 Å². The number of rotatable bonds is 8. The summed E-state index contributed by atoms with van der Waals surface area (Å²) in [5, 5.41) is 18.7. The highest BCUT2D eigenvalue weighted by molar-refractivity contribution is 7.13. The largest absolute Gasteiger partial charge is 0.390 e. The second-order valence-electron chi connectivity index (χ2n) is 7.12. The van der Waals surface area contributed by atoms with Crippen molar-refractivity contribution in [3.63, 3.8) is 0 Å². The van der Waals surface area contributed by atoms with Crippen LogP contribution >= 0.6 is 11.3 Å². The topological polar surface area (TPSA) is 120 Å². The molecule has 11 heteroatoms. The molecule has 0 aliphatic rings. The van der Waals surface area contributed by atoms with Gasteiger partial charge in [-0.15, -0.1) is 11.3 Å². The van der Waals surface area contributed by atoms with Crippen LogP contribution < -0.4 is 5.32 Å². The number of carbonyl (C=O) groups excluding carboxylic acids is 1. The third kappa shape index (κ3) is 4.17. The number of aliphatic hydroxyl groups excluding tert-OH is 1. The van der Waals surface area contributed by atoms with E-state index < -0.39 is 0 Å². The second kappa shape index (κ2) is 9.39. The molecule has 0 atom stereocenters. The number of aliphatic hydroxyl groups is 1. The smallest absolute Gasteiger partial charge is 0.255 e. The molecule has 0 aromatic carbocycles. The van der Waals surface area contributed by atoms with E-state index in [1.165, 1.54) is 10.9 Å². The van der Waals surface area contributed by atoms with Gasteiger partial charge in [0.2, 0.25) is 0 Å². The number of carbonyl (C=O) groups is 1. The summed E-state index contributed by atoms with van der Waals surface area (Å²) in [6.45, 7) is 2.13. The van der Waals surface area contributed by atoms with Crippen LogP contribution in [0, 0.1) is 6.92 Å². The molecule has 4 heterocycles. The molecule has 4 aromatic heterocycles. The van der Waals surface area contributed by atoms with Gasteiger partial charge in [-0.2, -0.15) is 9.78 Å². The minimum Gasteiger partial charge on any atom is -0.390 e. The second-order valence-corrected chi connectivity index (χ2v) is 8.07. The fourth-order valence-electron chi connectivity index (χ4n) is 3.33. The summed E-state index contributed by atoms with van der Waals surface area (Å²) < 4.78 is 8.62. The molecule has 4 aromatic rings. The molecule has 0 saturated carbocycles. The number of amides is 1.